The summed E-state index contributed by atoms with van der Waals surface area (Å²) in [6.45, 7) is 4.86. The van der Waals surface area contributed by atoms with Gasteiger partial charge in [-0.2, -0.15) is 0 Å². The molecule has 1 aromatic heterocycles. The number of hydrogen-bond acceptors (Lipinski definition) is 4. The molecule has 0 fully saturated rings. The fourth-order valence-electron chi connectivity index (χ4n) is 2.39. The number of rotatable bonds is 3. The molecule has 1 heterocycles. The topological polar surface area (TPSA) is 114 Å². The molecular weight excluding hydrogens is 286 g/mol. The Morgan fingerprint density at radius 2 is 1.91 bits per heavy atom. The van der Waals surface area contributed by atoms with Crippen LogP contribution in [0.4, 0.5) is 4.79 Å². The van der Waals surface area contributed by atoms with E-state index in [0.29, 0.717) is 0 Å². The van der Waals surface area contributed by atoms with Crippen LogP contribution in [0.5, 0.6) is 5.88 Å². The van der Waals surface area contributed by atoms with E-state index in [1.165, 1.54) is 19.1 Å². The molecule has 0 aliphatic heterocycles. The van der Waals surface area contributed by atoms with Crippen molar-refractivity contribution < 1.29 is 19.5 Å². The predicted molar refractivity (Wildman–Crippen MR) is 81.2 cm³/mol. The Morgan fingerprint density at radius 1 is 1.27 bits per heavy atom. The Kier molecular flexibility index (Phi) is 3.90. The summed E-state index contributed by atoms with van der Waals surface area (Å²) >= 11 is 0. The van der Waals surface area contributed by atoms with Gasteiger partial charge in [0, 0.05) is 17.0 Å². The number of nitrogens with two attached hydrogens (primary N) is 1. The summed E-state index contributed by atoms with van der Waals surface area (Å²) in [6.07, 6.45) is 0. The lowest BCUT2D eigenvalue weighted by Crippen LogP contribution is -2.30. The van der Waals surface area contributed by atoms with Crippen molar-refractivity contribution in [3.63, 3.8) is 0 Å². The number of amides is 2. The molecule has 2 amide bonds. The Hall–Kier alpha value is -2.83. The Balaban J connectivity index is 2.89. The van der Waals surface area contributed by atoms with Crippen molar-refractivity contribution in [1.29, 1.82) is 0 Å². The van der Waals surface area contributed by atoms with Crippen molar-refractivity contribution in [1.82, 2.24) is 9.88 Å². The van der Waals surface area contributed by atoms with E-state index in [-0.39, 0.29) is 33.9 Å². The van der Waals surface area contributed by atoms with E-state index in [4.69, 9.17) is 5.73 Å². The minimum atomic E-state index is -0.938. The first kappa shape index (κ1) is 15.6. The number of nitrogens with one attached hydrogen (secondary N) is 1. The average Bonchev–Trinajstić information content (AvgIpc) is 2.69. The number of primary amides is 1. The van der Waals surface area contributed by atoms with Crippen LogP contribution in [0.2, 0.25) is 0 Å². The largest absolute Gasteiger partial charge is 0.494 e. The van der Waals surface area contributed by atoms with Gasteiger partial charge in [-0.25, -0.2) is 9.36 Å². The molecule has 0 atom stereocenters. The van der Waals surface area contributed by atoms with Gasteiger partial charge in [0.2, 0.25) is 5.88 Å². The summed E-state index contributed by atoms with van der Waals surface area (Å²) in [5.74, 6) is -1.44. The van der Waals surface area contributed by atoms with Gasteiger partial charge in [0.15, 0.2) is 5.78 Å². The quantitative estimate of drug-likeness (QED) is 0.747. The van der Waals surface area contributed by atoms with Crippen LogP contribution in [0.1, 0.15) is 41.5 Å². The molecular formula is C15H17N3O4. The number of carbonyl (C=O) groups is 3. The number of fused-ring (bicyclic) bond motifs is 1. The molecule has 0 aliphatic carbocycles. The minimum absolute atomic E-state index is 0.131. The highest BCUT2D eigenvalue weighted by Crippen LogP contribution is 2.33. The zero-order chi connectivity index (χ0) is 16.6. The van der Waals surface area contributed by atoms with Crippen LogP contribution in [0.15, 0.2) is 18.2 Å². The molecule has 22 heavy (non-hydrogen) atoms. The van der Waals surface area contributed by atoms with Crippen LogP contribution in [-0.4, -0.2) is 33.4 Å². The van der Waals surface area contributed by atoms with Crippen molar-refractivity contribution >= 4 is 28.6 Å². The lowest BCUT2D eigenvalue weighted by atomic mass is 10.0. The number of carbonyl (C=O) groups excluding carboxylic acids is 3. The molecule has 0 aliphatic rings. The second kappa shape index (κ2) is 5.51. The van der Waals surface area contributed by atoms with E-state index < -0.39 is 17.8 Å². The molecule has 0 spiro atoms. The lowest BCUT2D eigenvalue weighted by molar-refractivity contribution is 0.0941. The number of benzene rings is 1. The fraction of sp³-hybridized carbons (Fsp3) is 0.267. The highest BCUT2D eigenvalue weighted by molar-refractivity contribution is 6.18. The Morgan fingerprint density at radius 3 is 2.41 bits per heavy atom. The van der Waals surface area contributed by atoms with Crippen molar-refractivity contribution in [3.05, 3.63) is 29.3 Å². The van der Waals surface area contributed by atoms with E-state index in [9.17, 15) is 19.5 Å². The number of Topliss-reactive ketones (excluding diaryl/α,β-unsaturated/α-hetero) is 1. The van der Waals surface area contributed by atoms with Crippen LogP contribution in [-0.2, 0) is 0 Å². The summed E-state index contributed by atoms with van der Waals surface area (Å²) in [4.78, 5) is 35.7. The first-order chi connectivity index (χ1) is 10.3. The summed E-state index contributed by atoms with van der Waals surface area (Å²) in [6, 6.07) is 3.48. The normalized spacial score (nSPS) is 10.9. The van der Waals surface area contributed by atoms with E-state index in [0.717, 1.165) is 4.57 Å². The van der Waals surface area contributed by atoms with Crippen molar-refractivity contribution in [2.24, 2.45) is 5.73 Å². The highest BCUT2D eigenvalue weighted by Gasteiger charge is 2.27. The molecule has 0 bridgehead atoms. The van der Waals surface area contributed by atoms with Gasteiger partial charge >= 0.3 is 6.03 Å². The molecule has 2 aromatic rings. The first-order valence-corrected chi connectivity index (χ1v) is 6.73. The van der Waals surface area contributed by atoms with Gasteiger partial charge in [-0.15, -0.1) is 0 Å². The van der Waals surface area contributed by atoms with Gasteiger partial charge in [0.25, 0.3) is 5.91 Å². The van der Waals surface area contributed by atoms with Gasteiger partial charge < -0.3 is 16.2 Å². The number of nitrogens with zero attached hydrogens (tertiary/aromatic N) is 1. The summed E-state index contributed by atoms with van der Waals surface area (Å²) < 4.78 is 0.816. The highest BCUT2D eigenvalue weighted by atomic mass is 16.3. The number of aromatic hydroxyl groups is 1. The Labute approximate surface area is 126 Å². The number of aromatic nitrogens is 1. The third-order valence-electron chi connectivity index (χ3n) is 3.22. The molecule has 0 unspecified atom stereocenters. The molecule has 1 aromatic carbocycles. The zero-order valence-corrected chi connectivity index (χ0v) is 12.5. The van der Waals surface area contributed by atoms with Gasteiger partial charge in [-0.05, 0) is 26.8 Å². The SMILES string of the molecule is CC(=O)c1cccc2c1c(C(=O)NC(C)C)c(O)n2C(N)=O. The van der Waals surface area contributed by atoms with Gasteiger partial charge in [-0.3, -0.25) is 9.59 Å². The van der Waals surface area contributed by atoms with Crippen LogP contribution >= 0.6 is 0 Å². The summed E-state index contributed by atoms with van der Waals surface area (Å²) in [7, 11) is 0. The second-order valence-corrected chi connectivity index (χ2v) is 5.26. The maximum atomic E-state index is 12.4. The minimum Gasteiger partial charge on any atom is -0.494 e. The maximum Gasteiger partial charge on any atom is 0.326 e. The van der Waals surface area contributed by atoms with Crippen molar-refractivity contribution in [2.75, 3.05) is 0 Å². The van der Waals surface area contributed by atoms with Gasteiger partial charge in [0.05, 0.1) is 5.52 Å². The smallest absolute Gasteiger partial charge is 0.326 e. The van der Waals surface area contributed by atoms with E-state index >= 15 is 0 Å². The summed E-state index contributed by atoms with van der Waals surface area (Å²) in [5.41, 5.74) is 5.59. The van der Waals surface area contributed by atoms with Crippen molar-refractivity contribution in [3.8, 4) is 5.88 Å². The molecule has 7 heteroatoms. The fourth-order valence-corrected chi connectivity index (χ4v) is 2.39. The van der Waals surface area contributed by atoms with Crippen LogP contribution in [0.25, 0.3) is 10.9 Å². The maximum absolute atomic E-state index is 12.4. The molecule has 0 saturated carbocycles. The van der Waals surface area contributed by atoms with Crippen LogP contribution in [0.3, 0.4) is 0 Å². The molecule has 4 N–H and O–H groups in total. The molecule has 2 rings (SSSR count). The molecule has 116 valence electrons. The third kappa shape index (κ3) is 2.41. The first-order valence-electron chi connectivity index (χ1n) is 6.73. The predicted octanol–water partition coefficient (Wildman–Crippen LogP) is 1.61. The zero-order valence-electron chi connectivity index (χ0n) is 12.5. The van der Waals surface area contributed by atoms with Gasteiger partial charge in [-0.1, -0.05) is 12.1 Å². The number of ketones is 1. The second-order valence-electron chi connectivity index (χ2n) is 5.26. The van der Waals surface area contributed by atoms with Crippen LogP contribution < -0.4 is 11.1 Å². The number of hydrogen-bond donors (Lipinski definition) is 3. The lowest BCUT2D eigenvalue weighted by Gasteiger charge is -2.08. The monoisotopic (exact) mass is 303 g/mol. The van der Waals surface area contributed by atoms with Crippen molar-refractivity contribution in [2.45, 2.75) is 26.8 Å². The van der Waals surface area contributed by atoms with E-state index in [2.05, 4.69) is 5.32 Å². The third-order valence-corrected chi connectivity index (χ3v) is 3.22. The Bertz CT molecular complexity index is 790. The molecule has 0 saturated heterocycles. The van der Waals surface area contributed by atoms with Gasteiger partial charge in [0.1, 0.15) is 5.56 Å². The van der Waals surface area contributed by atoms with Crippen LogP contribution in [0, 0.1) is 0 Å². The summed E-state index contributed by atoms with van der Waals surface area (Å²) in [5, 5.41) is 13.1. The molecule has 0 radical (unpaired) electrons. The average molecular weight is 303 g/mol. The molecule has 7 nitrogen and oxygen atoms in total. The standard InChI is InChI=1S/C15H17N3O4/c1-7(2)17-13(20)12-11-9(8(3)19)5-4-6-10(11)18(14(12)21)15(16)22/h4-7,21H,1-3H3,(H2,16,22)(H,17,20). The van der Waals surface area contributed by atoms with E-state index in [1.54, 1.807) is 19.9 Å². The van der Waals surface area contributed by atoms with E-state index in [1.807, 2.05) is 0 Å².